The highest BCUT2D eigenvalue weighted by atomic mass is 35.5. The lowest BCUT2D eigenvalue weighted by molar-refractivity contribution is -0.118. The van der Waals surface area contributed by atoms with Crippen molar-refractivity contribution in [2.75, 3.05) is 11.9 Å². The molecule has 0 radical (unpaired) electrons. The molecule has 1 aromatic carbocycles. The number of hydrogen-bond acceptors (Lipinski definition) is 4. The average Bonchev–Trinajstić information content (AvgIpc) is 2.38. The van der Waals surface area contributed by atoms with E-state index in [1.807, 2.05) is 12.1 Å². The van der Waals surface area contributed by atoms with E-state index in [-0.39, 0.29) is 6.54 Å². The molecule has 6 heteroatoms. The first-order chi connectivity index (χ1) is 8.59. The Hall–Kier alpha value is -1.85. The molecule has 1 heterocycles. The fourth-order valence-corrected chi connectivity index (χ4v) is 1.82. The zero-order valence-electron chi connectivity index (χ0n) is 9.56. The SMILES string of the molecule is NC(=O)C(N)CNc1ccc(Cl)c2cccnc12. The van der Waals surface area contributed by atoms with E-state index in [4.69, 9.17) is 23.1 Å². The quantitative estimate of drug-likeness (QED) is 0.771. The van der Waals surface area contributed by atoms with Gasteiger partial charge in [0.05, 0.1) is 16.2 Å². The fourth-order valence-electron chi connectivity index (χ4n) is 1.60. The molecule has 2 aromatic rings. The van der Waals surface area contributed by atoms with Gasteiger partial charge < -0.3 is 16.8 Å². The van der Waals surface area contributed by atoms with Gasteiger partial charge in [0.2, 0.25) is 5.91 Å². The number of nitrogens with two attached hydrogens (primary N) is 2. The van der Waals surface area contributed by atoms with Crippen molar-refractivity contribution in [3.8, 4) is 0 Å². The van der Waals surface area contributed by atoms with Crippen LogP contribution < -0.4 is 16.8 Å². The monoisotopic (exact) mass is 264 g/mol. The summed E-state index contributed by atoms with van der Waals surface area (Å²) in [4.78, 5) is 15.1. The number of carbonyl (C=O) groups excluding carboxylic acids is 1. The molecule has 0 aliphatic heterocycles. The second-order valence-corrected chi connectivity index (χ2v) is 4.29. The number of primary amides is 1. The molecule has 0 spiro atoms. The van der Waals surface area contributed by atoms with Gasteiger partial charge in [-0.15, -0.1) is 0 Å². The number of pyridine rings is 1. The lowest BCUT2D eigenvalue weighted by Gasteiger charge is -2.12. The van der Waals surface area contributed by atoms with E-state index < -0.39 is 11.9 Å². The predicted molar refractivity (Wildman–Crippen MR) is 72.4 cm³/mol. The van der Waals surface area contributed by atoms with Crippen LogP contribution in [-0.2, 0) is 4.79 Å². The smallest absolute Gasteiger partial charge is 0.236 e. The van der Waals surface area contributed by atoms with Gasteiger partial charge in [-0.3, -0.25) is 9.78 Å². The van der Waals surface area contributed by atoms with Crippen LogP contribution in [0.4, 0.5) is 5.69 Å². The molecule has 0 bridgehead atoms. The number of aromatic nitrogens is 1. The largest absolute Gasteiger partial charge is 0.381 e. The van der Waals surface area contributed by atoms with Crippen LogP contribution in [0.5, 0.6) is 0 Å². The number of benzene rings is 1. The molecule has 1 unspecified atom stereocenters. The van der Waals surface area contributed by atoms with E-state index in [0.717, 1.165) is 16.6 Å². The van der Waals surface area contributed by atoms with Crippen molar-refractivity contribution in [1.82, 2.24) is 4.98 Å². The van der Waals surface area contributed by atoms with Crippen molar-refractivity contribution in [2.24, 2.45) is 11.5 Å². The molecular formula is C12H13ClN4O. The fraction of sp³-hybridized carbons (Fsp3) is 0.167. The van der Waals surface area contributed by atoms with Gasteiger partial charge in [0.25, 0.3) is 0 Å². The third-order valence-corrected chi connectivity index (χ3v) is 2.92. The number of halogens is 1. The van der Waals surface area contributed by atoms with Gasteiger partial charge in [-0.2, -0.15) is 0 Å². The van der Waals surface area contributed by atoms with Crippen LogP contribution in [0.25, 0.3) is 10.9 Å². The van der Waals surface area contributed by atoms with Crippen molar-refractivity contribution in [3.05, 3.63) is 35.5 Å². The van der Waals surface area contributed by atoms with Crippen molar-refractivity contribution in [3.63, 3.8) is 0 Å². The van der Waals surface area contributed by atoms with Gasteiger partial charge in [0, 0.05) is 18.1 Å². The van der Waals surface area contributed by atoms with E-state index in [9.17, 15) is 4.79 Å². The van der Waals surface area contributed by atoms with E-state index in [2.05, 4.69) is 10.3 Å². The minimum absolute atomic E-state index is 0.253. The maximum Gasteiger partial charge on any atom is 0.236 e. The van der Waals surface area contributed by atoms with Crippen LogP contribution in [0.15, 0.2) is 30.5 Å². The van der Waals surface area contributed by atoms with Gasteiger partial charge in [-0.25, -0.2) is 0 Å². The average molecular weight is 265 g/mol. The third kappa shape index (κ3) is 2.52. The Morgan fingerprint density at radius 1 is 1.44 bits per heavy atom. The molecular weight excluding hydrogens is 252 g/mol. The maximum atomic E-state index is 10.9. The van der Waals surface area contributed by atoms with Gasteiger partial charge >= 0.3 is 0 Å². The Bertz CT molecular complexity index is 587. The minimum Gasteiger partial charge on any atom is -0.381 e. The molecule has 1 amide bonds. The van der Waals surface area contributed by atoms with Crippen molar-refractivity contribution in [2.45, 2.75) is 6.04 Å². The summed E-state index contributed by atoms with van der Waals surface area (Å²) in [5.41, 5.74) is 12.2. The molecule has 5 nitrogen and oxygen atoms in total. The van der Waals surface area contributed by atoms with Gasteiger partial charge in [-0.1, -0.05) is 11.6 Å². The number of amides is 1. The molecule has 2 rings (SSSR count). The minimum atomic E-state index is -0.737. The van der Waals surface area contributed by atoms with Crippen molar-refractivity contribution in [1.29, 1.82) is 0 Å². The van der Waals surface area contributed by atoms with E-state index >= 15 is 0 Å². The van der Waals surface area contributed by atoms with Gasteiger partial charge in [0.15, 0.2) is 0 Å². The first kappa shape index (κ1) is 12.6. The van der Waals surface area contributed by atoms with Crippen LogP contribution in [0.2, 0.25) is 5.02 Å². The van der Waals surface area contributed by atoms with Crippen LogP contribution in [-0.4, -0.2) is 23.5 Å². The second-order valence-electron chi connectivity index (χ2n) is 3.88. The normalized spacial score (nSPS) is 12.3. The van der Waals surface area contributed by atoms with Crippen LogP contribution in [0.3, 0.4) is 0 Å². The molecule has 0 saturated carbocycles. The highest BCUT2D eigenvalue weighted by Crippen LogP contribution is 2.27. The molecule has 0 aliphatic carbocycles. The third-order valence-electron chi connectivity index (χ3n) is 2.59. The van der Waals surface area contributed by atoms with Crippen LogP contribution in [0.1, 0.15) is 0 Å². The highest BCUT2D eigenvalue weighted by molar-refractivity contribution is 6.35. The molecule has 1 aromatic heterocycles. The summed E-state index contributed by atoms with van der Waals surface area (Å²) in [5.74, 6) is -0.547. The number of nitrogens with zero attached hydrogens (tertiary/aromatic N) is 1. The number of anilines is 1. The lowest BCUT2D eigenvalue weighted by atomic mass is 10.2. The summed E-state index contributed by atoms with van der Waals surface area (Å²) in [6.07, 6.45) is 1.68. The number of rotatable bonds is 4. The molecule has 0 saturated heterocycles. The zero-order valence-corrected chi connectivity index (χ0v) is 10.3. The summed E-state index contributed by atoms with van der Waals surface area (Å²) in [5, 5.41) is 4.52. The van der Waals surface area contributed by atoms with Gasteiger partial charge in [-0.05, 0) is 24.3 Å². The molecule has 1 atom stereocenters. The molecule has 5 N–H and O–H groups in total. The molecule has 0 aliphatic rings. The van der Waals surface area contributed by atoms with Crippen molar-refractivity contribution >= 4 is 34.1 Å². The lowest BCUT2D eigenvalue weighted by Crippen LogP contribution is -2.41. The number of hydrogen-bond donors (Lipinski definition) is 3. The standard InChI is InChI=1S/C12H13ClN4O/c13-8-3-4-10(17-6-9(14)12(15)18)11-7(8)2-1-5-16-11/h1-5,9,17H,6,14H2,(H2,15,18). The number of carbonyl (C=O) groups is 1. The Morgan fingerprint density at radius 2 is 2.22 bits per heavy atom. The summed E-state index contributed by atoms with van der Waals surface area (Å²) < 4.78 is 0. The highest BCUT2D eigenvalue weighted by Gasteiger charge is 2.10. The summed E-state index contributed by atoms with van der Waals surface area (Å²) in [6, 6.07) is 6.52. The molecule has 94 valence electrons. The van der Waals surface area contributed by atoms with Crippen molar-refractivity contribution < 1.29 is 4.79 Å². The van der Waals surface area contributed by atoms with Gasteiger partial charge in [0.1, 0.15) is 6.04 Å². The summed E-state index contributed by atoms with van der Waals surface area (Å²) in [7, 11) is 0. The van der Waals surface area contributed by atoms with E-state index in [0.29, 0.717) is 5.02 Å². The Kier molecular flexibility index (Phi) is 3.64. The molecule has 18 heavy (non-hydrogen) atoms. The Balaban J connectivity index is 2.29. The maximum absolute atomic E-state index is 10.9. The topological polar surface area (TPSA) is 94.0 Å². The predicted octanol–water partition coefficient (Wildman–Crippen LogP) is 1.11. The van der Waals surface area contributed by atoms with E-state index in [1.54, 1.807) is 18.3 Å². The number of fused-ring (bicyclic) bond motifs is 1. The number of nitrogens with one attached hydrogen (secondary N) is 1. The van der Waals surface area contributed by atoms with Crippen LogP contribution in [0, 0.1) is 0 Å². The Labute approximate surface area is 109 Å². The van der Waals surface area contributed by atoms with Crippen LogP contribution >= 0.6 is 11.6 Å². The molecule has 0 fully saturated rings. The van der Waals surface area contributed by atoms with E-state index in [1.165, 1.54) is 0 Å². The first-order valence-electron chi connectivity index (χ1n) is 5.41. The Morgan fingerprint density at radius 3 is 2.94 bits per heavy atom. The first-order valence-corrected chi connectivity index (χ1v) is 5.79. The summed E-state index contributed by atoms with van der Waals surface area (Å²) >= 11 is 6.08. The summed E-state index contributed by atoms with van der Waals surface area (Å²) in [6.45, 7) is 0.253. The second kappa shape index (κ2) is 5.20. The zero-order chi connectivity index (χ0) is 13.1.